The third kappa shape index (κ3) is 2.75. The van der Waals surface area contributed by atoms with Gasteiger partial charge in [0.05, 0.1) is 11.8 Å². The molecule has 4 heteroatoms. The van der Waals surface area contributed by atoms with Crippen LogP contribution in [-0.2, 0) is 0 Å². The molecule has 0 spiro atoms. The van der Waals surface area contributed by atoms with Gasteiger partial charge in [-0.05, 0) is 32.2 Å². The van der Waals surface area contributed by atoms with Crippen LogP contribution in [-0.4, -0.2) is 28.2 Å². The second-order valence-electron chi connectivity index (χ2n) is 4.91. The minimum atomic E-state index is -0.590. The topological polar surface area (TPSA) is 62.1 Å². The summed E-state index contributed by atoms with van der Waals surface area (Å²) in [5.74, 6) is 0.631. The van der Waals surface area contributed by atoms with Crippen molar-refractivity contribution in [3.05, 3.63) is 42.0 Å². The van der Waals surface area contributed by atoms with Crippen LogP contribution in [0.4, 0.5) is 0 Å². The molecule has 4 nitrogen and oxygen atoms in total. The minimum Gasteiger partial charge on any atom is -0.487 e. The number of fused-ring (bicyclic) bond motifs is 1. The van der Waals surface area contributed by atoms with E-state index < -0.39 is 6.10 Å². The molecule has 20 heavy (non-hydrogen) atoms. The molecule has 0 aromatic heterocycles. The Morgan fingerprint density at radius 3 is 2.50 bits per heavy atom. The largest absolute Gasteiger partial charge is 0.487 e. The third-order valence-corrected chi connectivity index (χ3v) is 3.40. The monoisotopic (exact) mass is 273 g/mol. The van der Waals surface area contributed by atoms with Crippen LogP contribution in [0, 0.1) is 0 Å². The first-order chi connectivity index (χ1) is 9.54. The van der Waals surface area contributed by atoms with Crippen LogP contribution in [0.3, 0.4) is 0 Å². The van der Waals surface area contributed by atoms with Gasteiger partial charge < -0.3 is 15.1 Å². The van der Waals surface area contributed by atoms with Crippen molar-refractivity contribution in [2.75, 3.05) is 0 Å². The van der Waals surface area contributed by atoms with E-state index in [9.17, 15) is 5.11 Å². The second kappa shape index (κ2) is 5.92. The van der Waals surface area contributed by atoms with E-state index in [1.807, 2.05) is 43.3 Å². The van der Waals surface area contributed by atoms with Gasteiger partial charge >= 0.3 is 0 Å². The molecule has 0 radical (unpaired) electrons. The molecule has 2 unspecified atom stereocenters. The summed E-state index contributed by atoms with van der Waals surface area (Å²) >= 11 is 0. The molecule has 2 rings (SSSR count). The summed E-state index contributed by atoms with van der Waals surface area (Å²) < 4.78 is 5.90. The first-order valence-corrected chi connectivity index (χ1v) is 6.60. The van der Waals surface area contributed by atoms with Crippen LogP contribution < -0.4 is 4.74 Å². The highest BCUT2D eigenvalue weighted by Gasteiger charge is 2.17. The number of aliphatic hydroxyl groups is 1. The molecule has 0 saturated carbocycles. The lowest BCUT2D eigenvalue weighted by molar-refractivity contribution is 0.0613. The van der Waals surface area contributed by atoms with Crippen molar-refractivity contribution in [3.8, 4) is 5.75 Å². The molecule has 0 aliphatic carbocycles. The number of nitrogens with zero attached hydrogens (tertiary/aromatic N) is 1. The highest BCUT2D eigenvalue weighted by atomic mass is 16.5. The number of oxime groups is 1. The van der Waals surface area contributed by atoms with Crippen molar-refractivity contribution in [2.24, 2.45) is 5.16 Å². The van der Waals surface area contributed by atoms with E-state index in [0.717, 1.165) is 16.3 Å². The fraction of sp³-hybridized carbons (Fsp3) is 0.312. The van der Waals surface area contributed by atoms with Crippen LogP contribution in [0.1, 0.15) is 26.3 Å². The van der Waals surface area contributed by atoms with Gasteiger partial charge in [-0.15, -0.1) is 0 Å². The zero-order valence-electron chi connectivity index (χ0n) is 11.9. The molecule has 0 heterocycles. The molecule has 0 saturated heterocycles. The number of ether oxygens (including phenoxy) is 1. The Hall–Kier alpha value is -2.07. The molecular weight excluding hydrogens is 254 g/mol. The Balaban J connectivity index is 2.61. The van der Waals surface area contributed by atoms with Crippen LogP contribution >= 0.6 is 0 Å². The molecule has 2 N–H and O–H groups in total. The summed E-state index contributed by atoms with van der Waals surface area (Å²) in [5, 5.41) is 23.9. The smallest absolute Gasteiger partial charge is 0.136 e. The van der Waals surface area contributed by atoms with Crippen LogP contribution in [0.5, 0.6) is 5.75 Å². The van der Waals surface area contributed by atoms with Crippen molar-refractivity contribution < 1.29 is 15.1 Å². The van der Waals surface area contributed by atoms with E-state index in [1.54, 1.807) is 13.8 Å². The maximum atomic E-state index is 9.64. The van der Waals surface area contributed by atoms with Crippen LogP contribution in [0.25, 0.3) is 10.8 Å². The SMILES string of the molecule is C/C(=N\O)c1ccc2ccccc2c1OC(C)C(C)O. The molecule has 106 valence electrons. The van der Waals surface area contributed by atoms with E-state index >= 15 is 0 Å². The summed E-state index contributed by atoms with van der Waals surface area (Å²) in [6.45, 7) is 5.20. The Bertz CT molecular complexity index is 635. The van der Waals surface area contributed by atoms with Crippen molar-refractivity contribution in [1.82, 2.24) is 0 Å². The van der Waals surface area contributed by atoms with E-state index in [2.05, 4.69) is 5.16 Å². The summed E-state index contributed by atoms with van der Waals surface area (Å²) in [6, 6.07) is 11.6. The normalized spacial score (nSPS) is 15.1. The minimum absolute atomic E-state index is 0.356. The Morgan fingerprint density at radius 1 is 1.15 bits per heavy atom. The Kier molecular flexibility index (Phi) is 4.25. The average molecular weight is 273 g/mol. The van der Waals surface area contributed by atoms with E-state index in [-0.39, 0.29) is 6.10 Å². The average Bonchev–Trinajstić information content (AvgIpc) is 2.46. The standard InChI is InChI=1S/C16H19NO3/c1-10(17-19)14-9-8-13-6-4-5-7-15(13)16(14)20-12(3)11(2)18/h4-9,11-12,18-19H,1-3H3/b17-10+. The Morgan fingerprint density at radius 2 is 1.85 bits per heavy atom. The highest BCUT2D eigenvalue weighted by molar-refractivity contribution is 6.06. The number of aliphatic hydroxyl groups excluding tert-OH is 1. The molecule has 0 aliphatic heterocycles. The highest BCUT2D eigenvalue weighted by Crippen LogP contribution is 2.31. The van der Waals surface area contributed by atoms with Gasteiger partial charge in [0.25, 0.3) is 0 Å². The predicted molar refractivity (Wildman–Crippen MR) is 79.7 cm³/mol. The van der Waals surface area contributed by atoms with Crippen LogP contribution in [0.2, 0.25) is 0 Å². The van der Waals surface area contributed by atoms with Crippen molar-refractivity contribution in [3.63, 3.8) is 0 Å². The van der Waals surface area contributed by atoms with Gasteiger partial charge in [-0.1, -0.05) is 35.5 Å². The number of rotatable bonds is 4. The lowest BCUT2D eigenvalue weighted by atomic mass is 10.0. The summed E-state index contributed by atoms with van der Waals surface area (Å²) in [4.78, 5) is 0. The van der Waals surface area contributed by atoms with Gasteiger partial charge in [-0.25, -0.2) is 0 Å². The molecule has 0 bridgehead atoms. The summed E-state index contributed by atoms with van der Waals surface area (Å²) in [7, 11) is 0. The van der Waals surface area contributed by atoms with Crippen molar-refractivity contribution in [1.29, 1.82) is 0 Å². The molecule has 0 amide bonds. The van der Waals surface area contributed by atoms with Gasteiger partial charge in [0.1, 0.15) is 11.9 Å². The number of hydrogen-bond acceptors (Lipinski definition) is 4. The number of benzene rings is 2. The van der Waals surface area contributed by atoms with Gasteiger partial charge in [-0.2, -0.15) is 0 Å². The van der Waals surface area contributed by atoms with Gasteiger partial charge in [0.2, 0.25) is 0 Å². The fourth-order valence-electron chi connectivity index (χ4n) is 1.99. The molecule has 2 atom stereocenters. The Labute approximate surface area is 118 Å². The van der Waals surface area contributed by atoms with E-state index in [1.165, 1.54) is 0 Å². The molecule has 2 aromatic rings. The van der Waals surface area contributed by atoms with Crippen LogP contribution in [0.15, 0.2) is 41.6 Å². The first-order valence-electron chi connectivity index (χ1n) is 6.60. The molecule has 0 fully saturated rings. The van der Waals surface area contributed by atoms with E-state index in [0.29, 0.717) is 11.5 Å². The predicted octanol–water partition coefficient (Wildman–Crippen LogP) is 3.19. The lowest BCUT2D eigenvalue weighted by Gasteiger charge is -2.21. The van der Waals surface area contributed by atoms with Crippen molar-refractivity contribution in [2.45, 2.75) is 33.0 Å². The molecular formula is C16H19NO3. The van der Waals surface area contributed by atoms with Gasteiger partial charge in [0.15, 0.2) is 0 Å². The second-order valence-corrected chi connectivity index (χ2v) is 4.91. The van der Waals surface area contributed by atoms with Crippen molar-refractivity contribution >= 4 is 16.5 Å². The maximum absolute atomic E-state index is 9.64. The zero-order valence-corrected chi connectivity index (χ0v) is 11.9. The number of hydrogen-bond donors (Lipinski definition) is 2. The fourth-order valence-corrected chi connectivity index (χ4v) is 1.99. The zero-order chi connectivity index (χ0) is 14.7. The molecule has 2 aromatic carbocycles. The third-order valence-electron chi connectivity index (χ3n) is 3.40. The van der Waals surface area contributed by atoms with E-state index in [4.69, 9.17) is 9.94 Å². The van der Waals surface area contributed by atoms with Gasteiger partial charge in [0, 0.05) is 10.9 Å². The summed E-state index contributed by atoms with van der Waals surface area (Å²) in [5.41, 5.74) is 1.20. The molecule has 0 aliphatic rings. The lowest BCUT2D eigenvalue weighted by Crippen LogP contribution is -2.26. The summed E-state index contributed by atoms with van der Waals surface area (Å²) in [6.07, 6.45) is -0.945. The quantitative estimate of drug-likeness (QED) is 0.511. The first kappa shape index (κ1) is 14.3. The van der Waals surface area contributed by atoms with Gasteiger partial charge in [-0.3, -0.25) is 0 Å². The maximum Gasteiger partial charge on any atom is 0.136 e.